The summed E-state index contributed by atoms with van der Waals surface area (Å²) in [7, 11) is 0. The van der Waals surface area contributed by atoms with E-state index >= 15 is 0 Å². The van der Waals surface area contributed by atoms with Gasteiger partial charge in [0.05, 0.1) is 5.54 Å². The molecule has 3 rings (SSSR count). The number of hydrogen-bond acceptors (Lipinski definition) is 2. The highest BCUT2D eigenvalue weighted by Gasteiger charge is 2.45. The van der Waals surface area contributed by atoms with Gasteiger partial charge in [-0.05, 0) is 43.4 Å². The van der Waals surface area contributed by atoms with Crippen LogP contribution in [0.15, 0.2) is 24.3 Å². The fraction of sp³-hybridized carbons (Fsp3) is 0.588. The van der Waals surface area contributed by atoms with Gasteiger partial charge in [-0.25, -0.2) is 0 Å². The van der Waals surface area contributed by atoms with Crippen LogP contribution in [0.2, 0.25) is 5.02 Å². The van der Waals surface area contributed by atoms with Crippen molar-refractivity contribution in [1.29, 1.82) is 0 Å². The van der Waals surface area contributed by atoms with Gasteiger partial charge in [0.2, 0.25) is 5.91 Å². The molecule has 0 aromatic heterocycles. The minimum Gasteiger partial charge on any atom is -0.354 e. The van der Waals surface area contributed by atoms with Crippen molar-refractivity contribution in [3.63, 3.8) is 0 Å². The summed E-state index contributed by atoms with van der Waals surface area (Å²) in [5.74, 6) is 0.0236. The Morgan fingerprint density at radius 2 is 1.90 bits per heavy atom. The van der Waals surface area contributed by atoms with E-state index in [0.717, 1.165) is 43.5 Å². The molecule has 4 heteroatoms. The maximum atomic E-state index is 12.4. The molecule has 0 aliphatic heterocycles. The Bertz CT molecular complexity index is 533. The third-order valence-corrected chi connectivity index (χ3v) is 5.31. The molecule has 1 amide bonds. The largest absolute Gasteiger partial charge is 0.354 e. The molecule has 0 atom stereocenters. The first-order valence-corrected chi connectivity index (χ1v) is 8.25. The summed E-state index contributed by atoms with van der Waals surface area (Å²) in [6.45, 7) is 0.672. The van der Waals surface area contributed by atoms with Crippen LogP contribution in [-0.4, -0.2) is 18.0 Å². The Labute approximate surface area is 131 Å². The maximum absolute atomic E-state index is 12.4. The van der Waals surface area contributed by atoms with E-state index in [1.54, 1.807) is 0 Å². The van der Waals surface area contributed by atoms with Gasteiger partial charge >= 0.3 is 0 Å². The van der Waals surface area contributed by atoms with Gasteiger partial charge in [-0.15, -0.1) is 0 Å². The highest BCUT2D eigenvalue weighted by Crippen LogP contribution is 2.48. The van der Waals surface area contributed by atoms with Crippen molar-refractivity contribution in [2.75, 3.05) is 6.54 Å². The lowest BCUT2D eigenvalue weighted by molar-refractivity contribution is -0.127. The lowest BCUT2D eigenvalue weighted by Crippen LogP contribution is -2.56. The minimum absolute atomic E-state index is 0.0236. The van der Waals surface area contributed by atoms with Crippen molar-refractivity contribution in [1.82, 2.24) is 5.32 Å². The van der Waals surface area contributed by atoms with Crippen molar-refractivity contribution >= 4 is 17.5 Å². The number of carbonyl (C=O) groups is 1. The normalized spacial score (nSPS) is 22.6. The molecule has 1 aromatic carbocycles. The molecule has 1 aromatic rings. The maximum Gasteiger partial charge on any atom is 0.240 e. The second-order valence-corrected chi connectivity index (χ2v) is 7.13. The van der Waals surface area contributed by atoms with E-state index in [1.165, 1.54) is 12.0 Å². The van der Waals surface area contributed by atoms with Crippen LogP contribution in [0.5, 0.6) is 0 Å². The van der Waals surface area contributed by atoms with E-state index in [2.05, 4.69) is 11.4 Å². The van der Waals surface area contributed by atoms with Gasteiger partial charge in [-0.1, -0.05) is 43.0 Å². The van der Waals surface area contributed by atoms with Crippen LogP contribution < -0.4 is 11.1 Å². The summed E-state index contributed by atoms with van der Waals surface area (Å²) >= 11 is 6.08. The third kappa shape index (κ3) is 3.09. The standard InChI is InChI=1S/C17H23ClN2O/c18-14-6-4-5-13(11-14)16(9-10-16)12-20-15(21)17(19)7-2-1-3-8-17/h4-6,11H,1-3,7-10,12,19H2,(H,20,21). The third-order valence-electron chi connectivity index (χ3n) is 5.08. The van der Waals surface area contributed by atoms with E-state index in [0.29, 0.717) is 6.54 Å². The second-order valence-electron chi connectivity index (χ2n) is 6.69. The van der Waals surface area contributed by atoms with Gasteiger partial charge < -0.3 is 11.1 Å². The van der Waals surface area contributed by atoms with E-state index in [9.17, 15) is 4.79 Å². The molecule has 21 heavy (non-hydrogen) atoms. The lowest BCUT2D eigenvalue weighted by atomic mass is 9.81. The zero-order valence-corrected chi connectivity index (χ0v) is 13.1. The van der Waals surface area contributed by atoms with Crippen molar-refractivity contribution in [2.45, 2.75) is 55.9 Å². The van der Waals surface area contributed by atoms with Crippen LogP contribution in [0.3, 0.4) is 0 Å². The van der Waals surface area contributed by atoms with Crippen LogP contribution in [0.1, 0.15) is 50.5 Å². The number of amides is 1. The number of hydrogen-bond donors (Lipinski definition) is 2. The summed E-state index contributed by atoms with van der Waals surface area (Å²) in [6.07, 6.45) is 7.13. The Hall–Kier alpha value is -1.06. The van der Waals surface area contributed by atoms with Crippen molar-refractivity contribution < 1.29 is 4.79 Å². The first kappa shape index (κ1) is 14.9. The molecule has 0 heterocycles. The van der Waals surface area contributed by atoms with Gasteiger partial charge in [0.25, 0.3) is 0 Å². The zero-order valence-electron chi connectivity index (χ0n) is 12.3. The van der Waals surface area contributed by atoms with E-state index < -0.39 is 5.54 Å². The van der Waals surface area contributed by atoms with Gasteiger partial charge in [0.15, 0.2) is 0 Å². The minimum atomic E-state index is -0.650. The van der Waals surface area contributed by atoms with Crippen LogP contribution >= 0.6 is 11.6 Å². The van der Waals surface area contributed by atoms with Crippen LogP contribution in [0.4, 0.5) is 0 Å². The first-order chi connectivity index (χ1) is 10.0. The quantitative estimate of drug-likeness (QED) is 0.898. The molecule has 2 aliphatic carbocycles. The molecule has 0 radical (unpaired) electrons. The van der Waals surface area contributed by atoms with Gasteiger partial charge in [-0.3, -0.25) is 4.79 Å². The Morgan fingerprint density at radius 3 is 2.52 bits per heavy atom. The molecule has 0 bridgehead atoms. The predicted molar refractivity (Wildman–Crippen MR) is 85.4 cm³/mol. The molecule has 0 unspecified atom stereocenters. The number of nitrogens with two attached hydrogens (primary N) is 1. The highest BCUT2D eigenvalue weighted by atomic mass is 35.5. The van der Waals surface area contributed by atoms with E-state index in [-0.39, 0.29) is 11.3 Å². The average molecular weight is 307 g/mol. The molecule has 0 spiro atoms. The molecule has 0 saturated heterocycles. The highest BCUT2D eigenvalue weighted by molar-refractivity contribution is 6.30. The van der Waals surface area contributed by atoms with Crippen LogP contribution in [-0.2, 0) is 10.2 Å². The summed E-state index contributed by atoms with van der Waals surface area (Å²) in [5.41, 5.74) is 6.93. The number of rotatable bonds is 4. The summed E-state index contributed by atoms with van der Waals surface area (Å²) in [6, 6.07) is 7.98. The van der Waals surface area contributed by atoms with Gasteiger partial charge in [0, 0.05) is 17.0 Å². The van der Waals surface area contributed by atoms with Crippen molar-refractivity contribution in [3.8, 4) is 0 Å². The smallest absolute Gasteiger partial charge is 0.240 e. The molecule has 3 N–H and O–H groups in total. The van der Waals surface area contributed by atoms with Crippen molar-refractivity contribution in [2.24, 2.45) is 5.73 Å². The predicted octanol–water partition coefficient (Wildman–Crippen LogP) is 3.15. The molecular formula is C17H23ClN2O. The number of halogens is 1. The SMILES string of the molecule is NC1(C(=O)NCC2(c3cccc(Cl)c3)CC2)CCCCC1. The van der Waals surface area contributed by atoms with Gasteiger partial charge in [-0.2, -0.15) is 0 Å². The molecule has 2 saturated carbocycles. The fourth-order valence-electron chi connectivity index (χ4n) is 3.37. The topological polar surface area (TPSA) is 55.1 Å². The Morgan fingerprint density at radius 1 is 1.19 bits per heavy atom. The van der Waals surface area contributed by atoms with E-state index in [1.807, 2.05) is 18.2 Å². The summed E-state index contributed by atoms with van der Waals surface area (Å²) in [5, 5.41) is 3.86. The molecule has 2 aliphatic rings. The van der Waals surface area contributed by atoms with Gasteiger partial charge in [0.1, 0.15) is 0 Å². The van der Waals surface area contributed by atoms with Crippen molar-refractivity contribution in [3.05, 3.63) is 34.9 Å². The number of nitrogens with one attached hydrogen (secondary N) is 1. The van der Waals surface area contributed by atoms with E-state index in [4.69, 9.17) is 17.3 Å². The second kappa shape index (κ2) is 5.62. The average Bonchev–Trinajstić information content (AvgIpc) is 3.27. The first-order valence-electron chi connectivity index (χ1n) is 7.87. The molecule has 3 nitrogen and oxygen atoms in total. The summed E-state index contributed by atoms with van der Waals surface area (Å²) in [4.78, 5) is 12.4. The lowest BCUT2D eigenvalue weighted by Gasteiger charge is -2.32. The Kier molecular flexibility index (Phi) is 3.98. The monoisotopic (exact) mass is 306 g/mol. The van der Waals surface area contributed by atoms with Crippen LogP contribution in [0, 0.1) is 0 Å². The van der Waals surface area contributed by atoms with Crippen LogP contribution in [0.25, 0.3) is 0 Å². The molecule has 114 valence electrons. The summed E-state index contributed by atoms with van der Waals surface area (Å²) < 4.78 is 0. The number of carbonyl (C=O) groups excluding carboxylic acids is 1. The number of benzene rings is 1. The Balaban J connectivity index is 1.63. The zero-order chi connectivity index (χ0) is 14.9. The molecular weight excluding hydrogens is 284 g/mol. The fourth-order valence-corrected chi connectivity index (χ4v) is 3.56. The molecule has 2 fully saturated rings.